The average molecular weight is 306 g/mol. The van der Waals surface area contributed by atoms with Gasteiger partial charge in [-0.2, -0.15) is 0 Å². The Hall–Kier alpha value is -1.38. The van der Waals surface area contributed by atoms with Gasteiger partial charge in [-0.05, 0) is 42.2 Å². The molecule has 0 heterocycles. The van der Waals surface area contributed by atoms with Crippen LogP contribution in [0.2, 0.25) is 5.02 Å². The van der Waals surface area contributed by atoms with Crippen molar-refractivity contribution < 1.29 is 4.39 Å². The predicted octanol–water partition coefficient (Wildman–Crippen LogP) is 5.24. The van der Waals surface area contributed by atoms with E-state index in [-0.39, 0.29) is 17.3 Å². The molecule has 0 aliphatic rings. The minimum absolute atomic E-state index is 0.251. The van der Waals surface area contributed by atoms with Gasteiger partial charge >= 0.3 is 0 Å². The molecule has 21 heavy (non-hydrogen) atoms. The molecular formula is C18H21ClFN. The normalized spacial score (nSPS) is 13.2. The van der Waals surface area contributed by atoms with Crippen molar-refractivity contribution in [3.8, 4) is 0 Å². The SMILES string of the molecule is CCC(CC)(c1ccccc1)C(N)c1cc(F)ccc1Cl. The number of hydrogen-bond acceptors (Lipinski definition) is 1. The summed E-state index contributed by atoms with van der Waals surface area (Å²) in [5.74, 6) is -0.306. The first-order valence-corrected chi connectivity index (χ1v) is 7.69. The first-order chi connectivity index (χ1) is 10.0. The highest BCUT2D eigenvalue weighted by Gasteiger charge is 2.37. The van der Waals surface area contributed by atoms with Crippen LogP contribution in [0.5, 0.6) is 0 Å². The molecular weight excluding hydrogens is 285 g/mol. The molecule has 0 aromatic heterocycles. The Bertz CT molecular complexity index is 593. The summed E-state index contributed by atoms with van der Waals surface area (Å²) in [6.07, 6.45) is 1.73. The van der Waals surface area contributed by atoms with E-state index in [2.05, 4.69) is 26.0 Å². The monoisotopic (exact) mass is 305 g/mol. The summed E-state index contributed by atoms with van der Waals surface area (Å²) in [6.45, 7) is 4.23. The average Bonchev–Trinajstić information content (AvgIpc) is 2.52. The molecule has 2 N–H and O–H groups in total. The van der Waals surface area contributed by atoms with Crippen LogP contribution in [0, 0.1) is 5.82 Å². The molecule has 2 rings (SSSR count). The van der Waals surface area contributed by atoms with E-state index in [4.69, 9.17) is 17.3 Å². The van der Waals surface area contributed by atoms with Crippen molar-refractivity contribution in [2.75, 3.05) is 0 Å². The smallest absolute Gasteiger partial charge is 0.123 e. The molecule has 0 aliphatic carbocycles. The number of nitrogens with two attached hydrogens (primary N) is 1. The first kappa shape index (κ1) is 16.0. The molecule has 1 atom stereocenters. The van der Waals surface area contributed by atoms with Gasteiger partial charge in [-0.25, -0.2) is 4.39 Å². The van der Waals surface area contributed by atoms with Crippen molar-refractivity contribution in [2.24, 2.45) is 5.73 Å². The van der Waals surface area contributed by atoms with Gasteiger partial charge in [0.1, 0.15) is 5.82 Å². The molecule has 0 fully saturated rings. The van der Waals surface area contributed by atoms with Crippen molar-refractivity contribution >= 4 is 11.6 Å². The van der Waals surface area contributed by atoms with Crippen molar-refractivity contribution in [1.29, 1.82) is 0 Å². The lowest BCUT2D eigenvalue weighted by Gasteiger charge is -2.39. The summed E-state index contributed by atoms with van der Waals surface area (Å²) in [4.78, 5) is 0. The van der Waals surface area contributed by atoms with Gasteiger partial charge < -0.3 is 5.73 Å². The molecule has 1 unspecified atom stereocenters. The van der Waals surface area contributed by atoms with E-state index in [1.54, 1.807) is 6.07 Å². The fraction of sp³-hybridized carbons (Fsp3) is 0.333. The zero-order chi connectivity index (χ0) is 15.5. The van der Waals surface area contributed by atoms with Crippen molar-refractivity contribution in [1.82, 2.24) is 0 Å². The predicted molar refractivity (Wildman–Crippen MR) is 87.0 cm³/mol. The summed E-state index contributed by atoms with van der Waals surface area (Å²) in [5.41, 5.74) is 8.13. The fourth-order valence-electron chi connectivity index (χ4n) is 3.10. The van der Waals surface area contributed by atoms with Gasteiger partial charge in [0, 0.05) is 16.5 Å². The second-order valence-electron chi connectivity index (χ2n) is 5.37. The van der Waals surface area contributed by atoms with E-state index >= 15 is 0 Å². The Balaban J connectivity index is 2.54. The topological polar surface area (TPSA) is 26.0 Å². The molecule has 1 nitrogen and oxygen atoms in total. The third kappa shape index (κ3) is 2.97. The molecule has 2 aromatic carbocycles. The minimum atomic E-state index is -0.349. The van der Waals surface area contributed by atoms with Crippen LogP contribution in [0.25, 0.3) is 0 Å². The van der Waals surface area contributed by atoms with Crippen LogP contribution in [0.15, 0.2) is 48.5 Å². The number of hydrogen-bond donors (Lipinski definition) is 1. The van der Waals surface area contributed by atoms with E-state index < -0.39 is 0 Å². The Morgan fingerprint density at radius 3 is 2.29 bits per heavy atom. The Morgan fingerprint density at radius 2 is 1.71 bits per heavy atom. The van der Waals surface area contributed by atoms with E-state index in [1.807, 2.05) is 18.2 Å². The molecule has 112 valence electrons. The third-order valence-electron chi connectivity index (χ3n) is 4.50. The lowest BCUT2D eigenvalue weighted by Crippen LogP contribution is -2.38. The summed E-state index contributed by atoms with van der Waals surface area (Å²) in [7, 11) is 0. The van der Waals surface area contributed by atoms with E-state index in [1.165, 1.54) is 17.7 Å². The molecule has 0 radical (unpaired) electrons. The highest BCUT2D eigenvalue weighted by atomic mass is 35.5. The molecule has 0 spiro atoms. The maximum absolute atomic E-state index is 13.6. The maximum Gasteiger partial charge on any atom is 0.123 e. The first-order valence-electron chi connectivity index (χ1n) is 7.31. The molecule has 2 aromatic rings. The minimum Gasteiger partial charge on any atom is -0.323 e. The molecule has 0 bridgehead atoms. The van der Waals surface area contributed by atoms with Crippen molar-refractivity contribution in [2.45, 2.75) is 38.1 Å². The fourth-order valence-corrected chi connectivity index (χ4v) is 3.33. The second kappa shape index (κ2) is 6.59. The van der Waals surface area contributed by atoms with Crippen LogP contribution in [0.1, 0.15) is 43.9 Å². The number of benzene rings is 2. The summed E-state index contributed by atoms with van der Waals surface area (Å²) < 4.78 is 13.6. The number of halogens is 2. The molecule has 0 aliphatic heterocycles. The lowest BCUT2D eigenvalue weighted by molar-refractivity contribution is 0.321. The molecule has 0 saturated carbocycles. The largest absolute Gasteiger partial charge is 0.323 e. The van der Waals surface area contributed by atoms with Gasteiger partial charge in [-0.15, -0.1) is 0 Å². The van der Waals surface area contributed by atoms with Crippen LogP contribution in [-0.2, 0) is 5.41 Å². The van der Waals surface area contributed by atoms with E-state index in [0.717, 1.165) is 12.8 Å². The highest BCUT2D eigenvalue weighted by molar-refractivity contribution is 6.31. The maximum atomic E-state index is 13.6. The second-order valence-corrected chi connectivity index (χ2v) is 5.78. The highest BCUT2D eigenvalue weighted by Crippen LogP contribution is 2.43. The van der Waals surface area contributed by atoms with Crippen molar-refractivity contribution in [3.63, 3.8) is 0 Å². The standard InChI is InChI=1S/C18H21ClFN/c1-3-18(4-2,13-8-6-5-7-9-13)17(21)15-12-14(20)10-11-16(15)19/h5-12,17H,3-4,21H2,1-2H3. The summed E-state index contributed by atoms with van der Waals surface area (Å²) >= 11 is 6.25. The van der Waals surface area contributed by atoms with Crippen LogP contribution in [-0.4, -0.2) is 0 Å². The number of rotatable bonds is 5. The molecule has 0 saturated heterocycles. The summed E-state index contributed by atoms with van der Waals surface area (Å²) in [5, 5.41) is 0.520. The molecule has 3 heteroatoms. The quantitative estimate of drug-likeness (QED) is 0.803. The van der Waals surface area contributed by atoms with Crippen LogP contribution >= 0.6 is 11.6 Å². The van der Waals surface area contributed by atoms with Crippen molar-refractivity contribution in [3.05, 3.63) is 70.5 Å². The summed E-state index contributed by atoms with van der Waals surface area (Å²) in [6, 6.07) is 14.2. The Kier molecular flexibility index (Phi) is 5.02. The van der Waals surface area contributed by atoms with Crippen LogP contribution < -0.4 is 5.73 Å². The van der Waals surface area contributed by atoms with E-state index in [0.29, 0.717) is 10.6 Å². The zero-order valence-electron chi connectivity index (χ0n) is 12.4. The Labute approximate surface area is 130 Å². The lowest BCUT2D eigenvalue weighted by atomic mass is 9.68. The third-order valence-corrected chi connectivity index (χ3v) is 4.84. The van der Waals surface area contributed by atoms with E-state index in [9.17, 15) is 4.39 Å². The van der Waals surface area contributed by atoms with Gasteiger partial charge in [0.2, 0.25) is 0 Å². The van der Waals surface area contributed by atoms with Gasteiger partial charge in [0.05, 0.1) is 0 Å². The van der Waals surface area contributed by atoms with Crippen LogP contribution in [0.3, 0.4) is 0 Å². The van der Waals surface area contributed by atoms with Crippen LogP contribution in [0.4, 0.5) is 4.39 Å². The molecule has 0 amide bonds. The van der Waals surface area contributed by atoms with Gasteiger partial charge in [0.25, 0.3) is 0 Å². The van der Waals surface area contributed by atoms with Gasteiger partial charge in [-0.3, -0.25) is 0 Å². The van der Waals surface area contributed by atoms with Gasteiger partial charge in [-0.1, -0.05) is 55.8 Å². The zero-order valence-corrected chi connectivity index (χ0v) is 13.2. The Morgan fingerprint density at radius 1 is 1.10 bits per heavy atom. The van der Waals surface area contributed by atoms with Gasteiger partial charge in [0.15, 0.2) is 0 Å².